The van der Waals surface area contributed by atoms with E-state index in [9.17, 15) is 4.79 Å². The second-order valence-corrected chi connectivity index (χ2v) is 13.1. The van der Waals surface area contributed by atoms with Crippen molar-refractivity contribution in [3.05, 3.63) is 109 Å². The van der Waals surface area contributed by atoms with Crippen molar-refractivity contribution in [1.82, 2.24) is 4.57 Å². The van der Waals surface area contributed by atoms with Crippen LogP contribution in [0.1, 0.15) is 69.6 Å². The highest BCUT2D eigenvalue weighted by Gasteiger charge is 2.44. The smallest absolute Gasteiger partial charge is 0.269 e. The molecule has 41 heavy (non-hydrogen) atoms. The lowest BCUT2D eigenvalue weighted by molar-refractivity contribution is -0.432. The largest absolute Gasteiger partial charge is 0.338 e. The van der Waals surface area contributed by atoms with Gasteiger partial charge in [-0.2, -0.15) is 4.58 Å². The zero-order valence-electron chi connectivity index (χ0n) is 24.4. The molecule has 4 aromatic rings. The van der Waals surface area contributed by atoms with Gasteiger partial charge in [-0.3, -0.25) is 9.36 Å². The quantitative estimate of drug-likeness (QED) is 0.264. The van der Waals surface area contributed by atoms with E-state index in [1.807, 2.05) is 4.57 Å². The summed E-state index contributed by atoms with van der Waals surface area (Å²) in [6.07, 6.45) is 8.11. The van der Waals surface area contributed by atoms with Crippen LogP contribution in [-0.4, -0.2) is 27.4 Å². The highest BCUT2D eigenvalue weighted by Crippen LogP contribution is 2.52. The van der Waals surface area contributed by atoms with E-state index >= 15 is 0 Å². The molecular weight excluding hydrogens is 522 g/mol. The minimum atomic E-state index is -0.127. The summed E-state index contributed by atoms with van der Waals surface area (Å²) in [6, 6.07) is 26.8. The molecule has 1 aromatic heterocycles. The third-order valence-electron chi connectivity index (χ3n) is 9.48. The van der Waals surface area contributed by atoms with E-state index in [1.54, 1.807) is 11.3 Å². The number of hydrogen-bond acceptors (Lipinski definition) is 3. The van der Waals surface area contributed by atoms with Crippen LogP contribution in [0.2, 0.25) is 0 Å². The number of rotatable bonds is 5. The SMILES string of the molecule is CCn1c(=CC2=[N+](CC)c3ccccc3C2(C)C)s/c(=C/c2ccc3c(c2)C2CCCC2N3c2ccccc2)c1=O. The zero-order valence-corrected chi connectivity index (χ0v) is 25.2. The van der Waals surface area contributed by atoms with Crippen molar-refractivity contribution in [1.29, 1.82) is 0 Å². The van der Waals surface area contributed by atoms with Crippen molar-refractivity contribution < 1.29 is 4.58 Å². The second-order valence-electron chi connectivity index (χ2n) is 12.0. The molecule has 3 aromatic carbocycles. The maximum absolute atomic E-state index is 13.7. The summed E-state index contributed by atoms with van der Waals surface area (Å²) in [5.41, 5.74) is 9.00. The van der Waals surface area contributed by atoms with Crippen molar-refractivity contribution in [2.45, 2.75) is 70.9 Å². The number of anilines is 2. The number of aromatic nitrogens is 1. The second kappa shape index (κ2) is 9.99. The van der Waals surface area contributed by atoms with Gasteiger partial charge in [0.1, 0.15) is 11.2 Å². The number of para-hydroxylation sites is 2. The summed E-state index contributed by atoms with van der Waals surface area (Å²) in [7, 11) is 0. The van der Waals surface area contributed by atoms with E-state index in [2.05, 4.69) is 122 Å². The van der Waals surface area contributed by atoms with Gasteiger partial charge >= 0.3 is 0 Å². The minimum absolute atomic E-state index is 0.103. The predicted molar refractivity (Wildman–Crippen MR) is 172 cm³/mol. The van der Waals surface area contributed by atoms with Gasteiger partial charge in [0.25, 0.3) is 5.56 Å². The first-order valence-electron chi connectivity index (χ1n) is 15.1. The monoisotopic (exact) mass is 560 g/mol. The summed E-state index contributed by atoms with van der Waals surface area (Å²) in [6.45, 7) is 10.4. The number of thiazole rings is 1. The molecule has 5 heteroatoms. The third kappa shape index (κ3) is 4.08. The molecule has 1 fully saturated rings. The van der Waals surface area contributed by atoms with Gasteiger partial charge in [-0.25, -0.2) is 0 Å². The number of nitrogens with zero attached hydrogens (tertiary/aromatic N) is 3. The molecule has 0 saturated heterocycles. The molecule has 208 valence electrons. The van der Waals surface area contributed by atoms with E-state index in [0.29, 0.717) is 18.5 Å². The highest BCUT2D eigenvalue weighted by molar-refractivity contribution is 7.07. The average Bonchev–Trinajstić information content (AvgIpc) is 3.70. The summed E-state index contributed by atoms with van der Waals surface area (Å²) >= 11 is 1.62. The van der Waals surface area contributed by atoms with Gasteiger partial charge in [-0.1, -0.05) is 48.9 Å². The molecule has 0 bridgehead atoms. The molecule has 7 rings (SSSR count). The Morgan fingerprint density at radius 2 is 1.76 bits per heavy atom. The fourth-order valence-corrected chi connectivity index (χ4v) is 8.65. The molecule has 1 aliphatic carbocycles. The van der Waals surface area contributed by atoms with Gasteiger partial charge in [0.15, 0.2) is 5.71 Å². The van der Waals surface area contributed by atoms with Gasteiger partial charge in [0, 0.05) is 47.6 Å². The van der Waals surface area contributed by atoms with Crippen LogP contribution >= 0.6 is 11.3 Å². The molecule has 4 nitrogen and oxygen atoms in total. The fraction of sp³-hybridized carbons (Fsp3) is 0.333. The van der Waals surface area contributed by atoms with E-state index in [4.69, 9.17) is 0 Å². The average molecular weight is 561 g/mol. The Bertz CT molecular complexity index is 1860. The van der Waals surface area contributed by atoms with Gasteiger partial charge < -0.3 is 4.90 Å². The topological polar surface area (TPSA) is 28.2 Å². The Labute approximate surface area is 246 Å². The minimum Gasteiger partial charge on any atom is -0.338 e. The first-order valence-corrected chi connectivity index (χ1v) is 15.9. The molecule has 0 N–H and O–H groups in total. The Kier molecular flexibility index (Phi) is 6.39. The maximum atomic E-state index is 13.7. The Morgan fingerprint density at radius 1 is 0.976 bits per heavy atom. The van der Waals surface area contributed by atoms with Crippen molar-refractivity contribution in [3.8, 4) is 0 Å². The molecule has 0 amide bonds. The van der Waals surface area contributed by atoms with Crippen molar-refractivity contribution in [2.24, 2.45) is 0 Å². The molecule has 2 unspecified atom stereocenters. The highest BCUT2D eigenvalue weighted by atomic mass is 32.1. The van der Waals surface area contributed by atoms with Crippen molar-refractivity contribution in [3.63, 3.8) is 0 Å². The molecule has 2 atom stereocenters. The molecule has 0 radical (unpaired) electrons. The molecule has 0 spiro atoms. The van der Waals surface area contributed by atoms with Crippen molar-refractivity contribution >= 4 is 46.3 Å². The van der Waals surface area contributed by atoms with Crippen LogP contribution < -0.4 is 19.7 Å². The summed E-state index contributed by atoms with van der Waals surface area (Å²) in [4.78, 5) is 16.2. The molecular formula is C36H38N3OS+. The molecule has 1 saturated carbocycles. The maximum Gasteiger partial charge on any atom is 0.269 e. The summed E-state index contributed by atoms with van der Waals surface area (Å²) < 4.78 is 6.16. The van der Waals surface area contributed by atoms with Gasteiger partial charge in [-0.05, 0) is 82.0 Å². The van der Waals surface area contributed by atoms with Crippen LogP contribution in [0.3, 0.4) is 0 Å². The Morgan fingerprint density at radius 3 is 2.54 bits per heavy atom. The zero-order chi connectivity index (χ0) is 28.3. The van der Waals surface area contributed by atoms with Gasteiger partial charge in [-0.15, -0.1) is 11.3 Å². The number of benzene rings is 3. The number of hydrogen-bond donors (Lipinski definition) is 0. The van der Waals surface area contributed by atoms with E-state index < -0.39 is 0 Å². The van der Waals surface area contributed by atoms with Gasteiger partial charge in [0.2, 0.25) is 5.69 Å². The van der Waals surface area contributed by atoms with E-state index in [0.717, 1.165) is 21.3 Å². The first-order chi connectivity index (χ1) is 19.9. The lowest BCUT2D eigenvalue weighted by Gasteiger charge is -2.27. The molecule has 3 heterocycles. The van der Waals surface area contributed by atoms with E-state index in [-0.39, 0.29) is 11.0 Å². The van der Waals surface area contributed by atoms with Crippen LogP contribution in [0.4, 0.5) is 17.1 Å². The summed E-state index contributed by atoms with van der Waals surface area (Å²) in [5, 5.41) is 0. The molecule has 3 aliphatic rings. The fourth-order valence-electron chi connectivity index (χ4n) is 7.54. The van der Waals surface area contributed by atoms with Crippen molar-refractivity contribution in [2.75, 3.05) is 11.4 Å². The van der Waals surface area contributed by atoms with Crippen LogP contribution in [0.25, 0.3) is 12.2 Å². The Hall–Kier alpha value is -3.70. The Balaban J connectivity index is 1.33. The predicted octanol–water partition coefficient (Wildman–Crippen LogP) is 6.42. The summed E-state index contributed by atoms with van der Waals surface area (Å²) in [5.74, 6) is 0.556. The molecule has 2 aliphatic heterocycles. The van der Waals surface area contributed by atoms with Crippen LogP contribution in [-0.2, 0) is 12.0 Å². The normalized spacial score (nSPS) is 21.5. The lowest BCUT2D eigenvalue weighted by Crippen LogP contribution is -2.33. The van der Waals surface area contributed by atoms with Crippen LogP contribution in [0, 0.1) is 0 Å². The third-order valence-corrected chi connectivity index (χ3v) is 10.5. The van der Waals surface area contributed by atoms with Crippen LogP contribution in [0.5, 0.6) is 0 Å². The standard InChI is InChI=1S/C36H38N3OS/c1-5-37-31-17-11-10-16-28(31)36(3,4)33(37)23-34-38(6-2)35(40)32(41-34)22-24-19-20-30-27(21-24)26-15-12-18-29(26)39(30)25-13-8-7-9-14-25/h7-11,13-14,16-17,19-23,26,29H,5-6,12,15,18H2,1-4H3/q+1/b32-22+. The number of fused-ring (bicyclic) bond motifs is 4. The van der Waals surface area contributed by atoms with Gasteiger partial charge in [0.05, 0.1) is 9.95 Å². The van der Waals surface area contributed by atoms with Crippen LogP contribution in [0.15, 0.2) is 77.6 Å². The first kappa shape index (κ1) is 26.2. The van der Waals surface area contributed by atoms with E-state index in [1.165, 1.54) is 53.2 Å². The lowest BCUT2D eigenvalue weighted by atomic mass is 9.81.